The fourth-order valence-corrected chi connectivity index (χ4v) is 2.92. The molecule has 0 radical (unpaired) electrons. The van der Waals surface area contributed by atoms with Gasteiger partial charge in [-0.05, 0) is 31.4 Å². The van der Waals surface area contributed by atoms with E-state index in [1.54, 1.807) is 12.3 Å². The van der Waals surface area contributed by atoms with E-state index in [1.165, 1.54) is 6.42 Å². The number of benzene rings is 1. The first kappa shape index (κ1) is 18.9. The van der Waals surface area contributed by atoms with Gasteiger partial charge < -0.3 is 15.0 Å². The van der Waals surface area contributed by atoms with Gasteiger partial charge in [0.25, 0.3) is 5.91 Å². The molecule has 1 fully saturated rings. The molecule has 0 aliphatic carbocycles. The minimum atomic E-state index is -1.48. The number of rotatable bonds is 5. The second kappa shape index (κ2) is 8.24. The molecule has 1 aromatic carbocycles. The predicted molar refractivity (Wildman–Crippen MR) is 92.1 cm³/mol. The SMILES string of the molecule is COc1c(F)c(F)cc(C(=O)NCc2ccnc(N3CCCCC3)n2)c1F. The summed E-state index contributed by atoms with van der Waals surface area (Å²) in [7, 11) is 0.992. The predicted octanol–water partition coefficient (Wildman–Crippen LogP) is 2.82. The molecule has 0 saturated carbocycles. The van der Waals surface area contributed by atoms with Crippen LogP contribution in [0.2, 0.25) is 0 Å². The first-order chi connectivity index (χ1) is 13.0. The van der Waals surface area contributed by atoms with Crippen molar-refractivity contribution in [3.8, 4) is 5.75 Å². The van der Waals surface area contributed by atoms with Crippen LogP contribution in [0.1, 0.15) is 35.3 Å². The number of ether oxygens (including phenoxy) is 1. The van der Waals surface area contributed by atoms with Gasteiger partial charge in [0.1, 0.15) is 0 Å². The van der Waals surface area contributed by atoms with Crippen LogP contribution in [0.3, 0.4) is 0 Å². The van der Waals surface area contributed by atoms with Crippen LogP contribution >= 0.6 is 0 Å². The third-order valence-corrected chi connectivity index (χ3v) is 4.33. The quantitative estimate of drug-likeness (QED) is 0.808. The van der Waals surface area contributed by atoms with E-state index in [-0.39, 0.29) is 6.54 Å². The highest BCUT2D eigenvalue weighted by atomic mass is 19.2. The number of hydrogen-bond acceptors (Lipinski definition) is 5. The van der Waals surface area contributed by atoms with Gasteiger partial charge in [-0.3, -0.25) is 4.79 Å². The number of carbonyl (C=O) groups excluding carboxylic acids is 1. The lowest BCUT2D eigenvalue weighted by Gasteiger charge is -2.26. The lowest BCUT2D eigenvalue weighted by molar-refractivity contribution is 0.0944. The van der Waals surface area contributed by atoms with Crippen LogP contribution < -0.4 is 15.0 Å². The van der Waals surface area contributed by atoms with E-state index in [0.29, 0.717) is 17.7 Å². The highest BCUT2D eigenvalue weighted by Gasteiger charge is 2.23. The van der Waals surface area contributed by atoms with Gasteiger partial charge in [-0.25, -0.2) is 18.7 Å². The Morgan fingerprint density at radius 1 is 1.22 bits per heavy atom. The molecule has 0 unspecified atom stereocenters. The first-order valence-electron chi connectivity index (χ1n) is 8.57. The van der Waals surface area contributed by atoms with Crippen LogP contribution in [0.4, 0.5) is 19.1 Å². The molecule has 9 heteroatoms. The zero-order chi connectivity index (χ0) is 19.4. The van der Waals surface area contributed by atoms with Gasteiger partial charge in [0.05, 0.1) is 24.9 Å². The number of aromatic nitrogens is 2. The van der Waals surface area contributed by atoms with Crippen molar-refractivity contribution in [2.75, 3.05) is 25.1 Å². The van der Waals surface area contributed by atoms with Gasteiger partial charge in [0, 0.05) is 19.3 Å². The van der Waals surface area contributed by atoms with Crippen LogP contribution in [-0.2, 0) is 6.54 Å². The Kier molecular flexibility index (Phi) is 5.78. The summed E-state index contributed by atoms with van der Waals surface area (Å²) in [4.78, 5) is 22.9. The Labute approximate surface area is 154 Å². The van der Waals surface area contributed by atoms with Gasteiger partial charge in [0.2, 0.25) is 11.8 Å². The summed E-state index contributed by atoms with van der Waals surface area (Å²) in [5.41, 5.74) is -0.120. The van der Waals surface area contributed by atoms with E-state index in [2.05, 4.69) is 24.9 Å². The Balaban J connectivity index is 1.72. The summed E-state index contributed by atoms with van der Waals surface area (Å²) >= 11 is 0. The van der Waals surface area contributed by atoms with Crippen molar-refractivity contribution >= 4 is 11.9 Å². The summed E-state index contributed by atoms with van der Waals surface area (Å²) < 4.78 is 45.7. The molecule has 2 aromatic rings. The van der Waals surface area contributed by atoms with Crippen LogP contribution in [0, 0.1) is 17.5 Å². The van der Waals surface area contributed by atoms with E-state index in [4.69, 9.17) is 0 Å². The fourth-order valence-electron chi connectivity index (χ4n) is 2.92. The number of piperidine rings is 1. The van der Waals surface area contributed by atoms with Gasteiger partial charge in [-0.15, -0.1) is 0 Å². The second-order valence-electron chi connectivity index (χ2n) is 6.15. The molecule has 0 atom stereocenters. The van der Waals surface area contributed by atoms with Gasteiger partial charge >= 0.3 is 0 Å². The third kappa shape index (κ3) is 4.12. The van der Waals surface area contributed by atoms with Gasteiger partial charge in [-0.2, -0.15) is 4.39 Å². The lowest BCUT2D eigenvalue weighted by atomic mass is 10.1. The van der Waals surface area contributed by atoms with Crippen LogP contribution in [0.5, 0.6) is 5.75 Å². The van der Waals surface area contributed by atoms with Crippen molar-refractivity contribution in [2.45, 2.75) is 25.8 Å². The minimum absolute atomic E-state index is 0.0110. The zero-order valence-corrected chi connectivity index (χ0v) is 14.8. The molecule has 1 N–H and O–H groups in total. The van der Waals surface area contributed by atoms with E-state index in [0.717, 1.165) is 33.0 Å². The molecule has 1 aromatic heterocycles. The molecule has 0 spiro atoms. The number of nitrogens with one attached hydrogen (secondary N) is 1. The average Bonchev–Trinajstić information content (AvgIpc) is 2.70. The van der Waals surface area contributed by atoms with E-state index in [1.807, 2.05) is 0 Å². The van der Waals surface area contributed by atoms with E-state index >= 15 is 0 Å². The van der Waals surface area contributed by atoms with Crippen molar-refractivity contribution in [1.29, 1.82) is 0 Å². The summed E-state index contributed by atoms with van der Waals surface area (Å²) in [6, 6.07) is 2.12. The number of nitrogens with zero attached hydrogens (tertiary/aromatic N) is 3. The zero-order valence-electron chi connectivity index (χ0n) is 14.8. The lowest BCUT2D eigenvalue weighted by Crippen LogP contribution is -2.31. The second-order valence-corrected chi connectivity index (χ2v) is 6.15. The molecule has 2 heterocycles. The molecule has 27 heavy (non-hydrogen) atoms. The summed E-state index contributed by atoms with van der Waals surface area (Å²) in [5, 5.41) is 2.45. The molecular weight excluding hydrogens is 361 g/mol. The molecule has 1 aliphatic heterocycles. The maximum atomic E-state index is 14.2. The number of methoxy groups -OCH3 is 1. The maximum Gasteiger partial charge on any atom is 0.254 e. The fraction of sp³-hybridized carbons (Fsp3) is 0.389. The largest absolute Gasteiger partial charge is 0.491 e. The van der Waals surface area contributed by atoms with Crippen LogP contribution in [0.15, 0.2) is 18.3 Å². The summed E-state index contributed by atoms with van der Waals surface area (Å²) in [5.74, 6) is -5.37. The van der Waals surface area contributed by atoms with Crippen LogP contribution in [-0.4, -0.2) is 36.1 Å². The first-order valence-corrected chi connectivity index (χ1v) is 8.57. The topological polar surface area (TPSA) is 67.3 Å². The monoisotopic (exact) mass is 380 g/mol. The van der Waals surface area contributed by atoms with Crippen LogP contribution in [0.25, 0.3) is 0 Å². The molecule has 6 nitrogen and oxygen atoms in total. The number of halogens is 3. The van der Waals surface area contributed by atoms with Crippen molar-refractivity contribution in [3.05, 3.63) is 47.0 Å². The molecular formula is C18H19F3N4O2. The number of anilines is 1. The third-order valence-electron chi connectivity index (χ3n) is 4.33. The average molecular weight is 380 g/mol. The molecule has 1 amide bonds. The van der Waals surface area contributed by atoms with Crippen molar-refractivity contribution < 1.29 is 22.7 Å². The Hall–Kier alpha value is -2.84. The van der Waals surface area contributed by atoms with E-state index < -0.39 is 34.7 Å². The smallest absolute Gasteiger partial charge is 0.254 e. The van der Waals surface area contributed by atoms with Crippen molar-refractivity contribution in [1.82, 2.24) is 15.3 Å². The summed E-state index contributed by atoms with van der Waals surface area (Å²) in [6.07, 6.45) is 4.90. The van der Waals surface area contributed by atoms with E-state index in [9.17, 15) is 18.0 Å². The highest BCUT2D eigenvalue weighted by molar-refractivity contribution is 5.94. The highest BCUT2D eigenvalue weighted by Crippen LogP contribution is 2.27. The normalized spacial score (nSPS) is 14.1. The Morgan fingerprint density at radius 3 is 2.67 bits per heavy atom. The Morgan fingerprint density at radius 2 is 1.96 bits per heavy atom. The van der Waals surface area contributed by atoms with Gasteiger partial charge in [-0.1, -0.05) is 0 Å². The maximum absolute atomic E-state index is 14.2. The standard InChI is InChI=1S/C18H19F3N4O2/c1-27-16-14(20)12(9-13(19)15(16)21)17(26)23-10-11-5-6-22-18(24-11)25-7-3-2-4-8-25/h5-6,9H,2-4,7-8,10H2,1H3,(H,23,26). The molecule has 0 bridgehead atoms. The molecule has 144 valence electrons. The minimum Gasteiger partial charge on any atom is -0.491 e. The number of carbonyl (C=O) groups is 1. The van der Waals surface area contributed by atoms with Gasteiger partial charge in [0.15, 0.2) is 17.4 Å². The van der Waals surface area contributed by atoms with Crippen molar-refractivity contribution in [3.63, 3.8) is 0 Å². The number of amides is 1. The molecule has 3 rings (SSSR count). The molecule has 1 saturated heterocycles. The Bertz CT molecular complexity index is 842. The number of hydrogen-bond donors (Lipinski definition) is 1. The van der Waals surface area contributed by atoms with Crippen molar-refractivity contribution in [2.24, 2.45) is 0 Å². The summed E-state index contributed by atoms with van der Waals surface area (Å²) in [6.45, 7) is 1.73. The molecule has 1 aliphatic rings.